The van der Waals surface area contributed by atoms with Gasteiger partial charge in [0.2, 0.25) is 5.91 Å². The van der Waals surface area contributed by atoms with Crippen LogP contribution in [0.1, 0.15) is 17.7 Å². The third-order valence-corrected chi connectivity index (χ3v) is 7.11. The number of hydrogen-bond donors (Lipinski definition) is 1. The highest BCUT2D eigenvalue weighted by Gasteiger charge is 2.28. The number of carbonyl (C=O) groups excluding carboxylic acids is 1. The van der Waals surface area contributed by atoms with Gasteiger partial charge in [-0.25, -0.2) is 9.97 Å². The Morgan fingerprint density at radius 3 is 3.06 bits per heavy atom. The summed E-state index contributed by atoms with van der Waals surface area (Å²) in [6, 6.07) is 11.8. The van der Waals surface area contributed by atoms with E-state index in [0.717, 1.165) is 40.6 Å². The number of halogens is 1. The molecule has 3 aromatic rings. The fourth-order valence-corrected chi connectivity index (χ4v) is 5.24. The lowest BCUT2D eigenvalue weighted by Crippen LogP contribution is -2.36. The number of aromatic nitrogens is 3. The van der Waals surface area contributed by atoms with E-state index in [9.17, 15) is 4.79 Å². The summed E-state index contributed by atoms with van der Waals surface area (Å²) < 4.78 is 5.79. The summed E-state index contributed by atoms with van der Waals surface area (Å²) in [4.78, 5) is 28.1. The first kappa shape index (κ1) is 22.3. The van der Waals surface area contributed by atoms with Crippen molar-refractivity contribution in [2.45, 2.75) is 24.5 Å². The Morgan fingerprint density at radius 1 is 1.35 bits per heavy atom. The zero-order chi connectivity index (χ0) is 23.5. The third-order valence-electron chi connectivity index (χ3n) is 5.61. The molecule has 0 fully saturated rings. The lowest BCUT2D eigenvalue weighted by Gasteiger charge is -2.33. The van der Waals surface area contributed by atoms with E-state index in [-0.39, 0.29) is 5.91 Å². The molecule has 1 N–H and O–H groups in total. The van der Waals surface area contributed by atoms with E-state index in [1.807, 2.05) is 29.2 Å². The summed E-state index contributed by atoms with van der Waals surface area (Å²) in [7, 11) is 0. The number of ether oxygens (including phenoxy) is 1. The summed E-state index contributed by atoms with van der Waals surface area (Å²) in [5.41, 5.74) is 3.93. The van der Waals surface area contributed by atoms with Gasteiger partial charge in [-0.2, -0.15) is 4.98 Å². The first-order valence-corrected chi connectivity index (χ1v) is 11.9. The SMILES string of the molecule is C=CC(=O)N1CCC2=C(C1)Sc1ncnc(Nc3ccc(OCc4ccc#cn4)c(Cl)c3)c1C2. The molecular weight excluding hydrogens is 470 g/mol. The second-order valence-corrected chi connectivity index (χ2v) is 9.27. The second-order valence-electron chi connectivity index (χ2n) is 7.78. The van der Waals surface area contributed by atoms with Gasteiger partial charge in [0.05, 0.1) is 17.3 Å². The van der Waals surface area contributed by atoms with Crippen LogP contribution in [0.15, 0.2) is 64.8 Å². The smallest absolute Gasteiger partial charge is 0.246 e. The highest BCUT2D eigenvalue weighted by Crippen LogP contribution is 2.43. The number of benzene rings is 1. The lowest BCUT2D eigenvalue weighted by atomic mass is 9.99. The summed E-state index contributed by atoms with van der Waals surface area (Å²) in [6.45, 7) is 5.19. The van der Waals surface area contributed by atoms with Gasteiger partial charge in [-0.1, -0.05) is 35.5 Å². The van der Waals surface area contributed by atoms with Crippen LogP contribution in [0, 0.1) is 12.3 Å². The van der Waals surface area contributed by atoms with E-state index in [2.05, 4.69) is 39.1 Å². The number of nitrogens with one attached hydrogen (secondary N) is 1. The van der Waals surface area contributed by atoms with Crippen LogP contribution in [-0.2, 0) is 17.8 Å². The number of nitrogens with zero attached hydrogens (tertiary/aromatic N) is 4. The van der Waals surface area contributed by atoms with Gasteiger partial charge in [-0.05, 0) is 48.9 Å². The fourth-order valence-electron chi connectivity index (χ4n) is 3.84. The molecule has 34 heavy (non-hydrogen) atoms. The molecular formula is C25H20ClN5O2S. The summed E-state index contributed by atoms with van der Waals surface area (Å²) >= 11 is 8.08. The summed E-state index contributed by atoms with van der Waals surface area (Å²) in [6.07, 6.45) is 7.17. The number of carbonyl (C=O) groups is 1. The van der Waals surface area contributed by atoms with Gasteiger partial charge in [0.25, 0.3) is 0 Å². The average Bonchev–Trinajstić information content (AvgIpc) is 2.87. The van der Waals surface area contributed by atoms with Gasteiger partial charge >= 0.3 is 0 Å². The topological polar surface area (TPSA) is 80.2 Å². The fraction of sp³-hybridized carbons (Fsp3) is 0.200. The standard InChI is InChI=1S/C25H20ClN5O2S/c1-2-23(32)31-10-8-16-11-19-24(28-15-29-25(19)34-22(16)13-31)30-17-6-7-21(20(26)12-17)33-14-18-5-3-4-9-27-18/h2-3,5-7,12,15H,1,8,10-11,13-14H2,(H,28,29,30). The van der Waals surface area contributed by atoms with Crippen molar-refractivity contribution < 1.29 is 9.53 Å². The minimum absolute atomic E-state index is 0.0378. The molecule has 2 aliphatic heterocycles. The van der Waals surface area contributed by atoms with Crippen LogP contribution < -0.4 is 10.1 Å². The first-order valence-electron chi connectivity index (χ1n) is 10.7. The third kappa shape index (κ3) is 4.72. The molecule has 0 unspecified atom stereocenters. The second kappa shape index (κ2) is 9.75. The number of anilines is 2. The predicted octanol–water partition coefficient (Wildman–Crippen LogP) is 4.77. The molecule has 1 aromatic carbocycles. The van der Waals surface area contributed by atoms with Crippen molar-refractivity contribution in [3.63, 3.8) is 0 Å². The molecule has 0 saturated carbocycles. The Kier molecular flexibility index (Phi) is 6.39. The molecule has 7 nitrogen and oxygen atoms in total. The van der Waals surface area contributed by atoms with Crippen molar-refractivity contribution in [2.75, 3.05) is 18.4 Å². The highest BCUT2D eigenvalue weighted by molar-refractivity contribution is 8.03. The normalized spacial score (nSPS) is 14.6. The van der Waals surface area contributed by atoms with E-state index in [4.69, 9.17) is 16.3 Å². The van der Waals surface area contributed by atoms with Crippen LogP contribution in [-0.4, -0.2) is 38.8 Å². The maximum Gasteiger partial charge on any atom is 0.246 e. The van der Waals surface area contributed by atoms with E-state index < -0.39 is 0 Å². The summed E-state index contributed by atoms with van der Waals surface area (Å²) in [5.74, 6) is 1.28. The molecule has 0 saturated heterocycles. The van der Waals surface area contributed by atoms with Crippen LogP contribution >= 0.6 is 23.4 Å². The molecule has 0 radical (unpaired) electrons. The molecule has 0 aliphatic carbocycles. The molecule has 0 atom stereocenters. The van der Waals surface area contributed by atoms with Crippen molar-refractivity contribution >= 4 is 40.8 Å². The van der Waals surface area contributed by atoms with Crippen molar-refractivity contribution in [3.05, 3.63) is 88.3 Å². The number of amides is 1. The Labute approximate surface area is 206 Å². The number of hydrogen-bond acceptors (Lipinski definition) is 7. The molecule has 0 bridgehead atoms. The van der Waals surface area contributed by atoms with Gasteiger partial charge in [-0.15, -0.1) is 0 Å². The predicted molar refractivity (Wildman–Crippen MR) is 131 cm³/mol. The minimum Gasteiger partial charge on any atom is -0.486 e. The molecule has 1 amide bonds. The maximum absolute atomic E-state index is 12.0. The zero-order valence-electron chi connectivity index (χ0n) is 18.2. The van der Waals surface area contributed by atoms with E-state index in [1.54, 1.807) is 24.2 Å². The Hall–Kier alpha value is -3.54. The zero-order valence-corrected chi connectivity index (χ0v) is 19.7. The quantitative estimate of drug-likeness (QED) is 0.394. The van der Waals surface area contributed by atoms with Crippen molar-refractivity contribution in [3.8, 4) is 5.75 Å². The molecule has 2 aromatic heterocycles. The van der Waals surface area contributed by atoms with Gasteiger partial charge in [-0.3, -0.25) is 4.79 Å². The largest absolute Gasteiger partial charge is 0.486 e. The van der Waals surface area contributed by atoms with Crippen LogP contribution in [0.3, 0.4) is 0 Å². The van der Waals surface area contributed by atoms with Crippen molar-refractivity contribution in [1.82, 2.24) is 19.9 Å². The van der Waals surface area contributed by atoms with Gasteiger partial charge in [0, 0.05) is 35.3 Å². The van der Waals surface area contributed by atoms with Gasteiger partial charge in [0.1, 0.15) is 29.5 Å². The van der Waals surface area contributed by atoms with Crippen LogP contribution in [0.4, 0.5) is 11.5 Å². The minimum atomic E-state index is -0.0378. The summed E-state index contributed by atoms with van der Waals surface area (Å²) in [5, 5.41) is 4.77. The Balaban J connectivity index is 1.30. The highest BCUT2D eigenvalue weighted by atomic mass is 35.5. The van der Waals surface area contributed by atoms with Crippen LogP contribution in [0.5, 0.6) is 5.75 Å². The van der Waals surface area contributed by atoms with Crippen LogP contribution in [0.2, 0.25) is 5.02 Å². The monoisotopic (exact) mass is 489 g/mol. The van der Waals surface area contributed by atoms with Crippen molar-refractivity contribution in [2.24, 2.45) is 0 Å². The maximum atomic E-state index is 12.0. The average molecular weight is 490 g/mol. The Morgan fingerprint density at radius 2 is 2.26 bits per heavy atom. The first-order chi connectivity index (χ1) is 16.6. The van der Waals surface area contributed by atoms with E-state index in [0.29, 0.717) is 30.5 Å². The molecule has 0 spiro atoms. The van der Waals surface area contributed by atoms with Crippen molar-refractivity contribution in [1.29, 1.82) is 0 Å². The number of fused-ring (bicyclic) bond motifs is 1. The molecule has 9 heteroatoms. The van der Waals surface area contributed by atoms with Gasteiger partial charge in [0.15, 0.2) is 0 Å². The lowest BCUT2D eigenvalue weighted by molar-refractivity contribution is -0.125. The van der Waals surface area contributed by atoms with E-state index >= 15 is 0 Å². The van der Waals surface area contributed by atoms with E-state index in [1.165, 1.54) is 16.6 Å². The number of rotatable bonds is 6. The molecule has 170 valence electrons. The molecule has 5 rings (SSSR count). The molecule has 2 aliphatic rings. The van der Waals surface area contributed by atoms with Crippen LogP contribution in [0.25, 0.3) is 0 Å². The Bertz CT molecular complexity index is 1280. The molecule has 4 heterocycles. The van der Waals surface area contributed by atoms with Gasteiger partial charge < -0.3 is 15.0 Å². The number of thioether (sulfide) groups is 1.